The second kappa shape index (κ2) is 9.05. The molecule has 26 heavy (non-hydrogen) atoms. The summed E-state index contributed by atoms with van der Waals surface area (Å²) in [5, 5.41) is 12.6. The van der Waals surface area contributed by atoms with Crippen LogP contribution in [-0.2, 0) is 0 Å². The Hall–Kier alpha value is -2.06. The van der Waals surface area contributed by atoms with Crippen molar-refractivity contribution in [2.45, 2.75) is 0 Å². The molecule has 0 aliphatic carbocycles. The Morgan fingerprint density at radius 3 is 2.58 bits per heavy atom. The summed E-state index contributed by atoms with van der Waals surface area (Å²) < 4.78 is 0. The molecule has 0 aliphatic rings. The predicted octanol–water partition coefficient (Wildman–Crippen LogP) is 2.82. The number of aliphatic hydroxyl groups is 1. The molecule has 0 unspecified atom stereocenters. The number of pyridine rings is 1. The van der Waals surface area contributed by atoms with Gasteiger partial charge in [0.05, 0.1) is 23.5 Å². The predicted molar refractivity (Wildman–Crippen MR) is 106 cm³/mol. The number of likely N-dealkylation sites (N-methyl/N-ethyl adjacent to an activating group) is 1. The zero-order valence-electron chi connectivity index (χ0n) is 13.7. The maximum absolute atomic E-state index is 12.1. The normalized spacial score (nSPS) is 11.0. The molecule has 1 amide bonds. The molecule has 4 N–H and O–H groups in total. The Morgan fingerprint density at radius 2 is 1.96 bits per heavy atom. The summed E-state index contributed by atoms with van der Waals surface area (Å²) in [6.45, 7) is 0.603. The summed E-state index contributed by atoms with van der Waals surface area (Å²) in [6, 6.07) is 7.39. The third-order valence-corrected chi connectivity index (χ3v) is 4.57. The number of rotatable bonds is 6. The summed E-state index contributed by atoms with van der Waals surface area (Å²) >= 11 is 17.6. The van der Waals surface area contributed by atoms with Crippen LogP contribution in [0.3, 0.4) is 0 Å². The van der Waals surface area contributed by atoms with Gasteiger partial charge in [0, 0.05) is 19.3 Å². The summed E-state index contributed by atoms with van der Waals surface area (Å²) in [5.74, 6) is -0.671. The van der Waals surface area contributed by atoms with Crippen molar-refractivity contribution in [3.8, 4) is 0 Å². The van der Waals surface area contributed by atoms with Crippen LogP contribution < -0.4 is 16.1 Å². The Labute approximate surface area is 165 Å². The highest BCUT2D eigenvalue weighted by Crippen LogP contribution is 2.34. The molecule has 1 heterocycles. The minimum absolute atomic E-state index is 0.0111. The first kappa shape index (κ1) is 20.3. The molecule has 0 radical (unpaired) electrons. The van der Waals surface area contributed by atoms with Crippen molar-refractivity contribution in [3.63, 3.8) is 0 Å². The fraction of sp³-hybridized carbons (Fsp3) is 0.188. The molecule has 0 bridgehead atoms. The van der Waals surface area contributed by atoms with Gasteiger partial charge in [-0.3, -0.25) is 4.79 Å². The molecule has 1 aromatic heterocycles. The number of benzene rings is 1. The number of aliphatic hydroxyl groups excluding tert-OH is 1. The molecule has 10 heteroatoms. The third kappa shape index (κ3) is 4.76. The summed E-state index contributed by atoms with van der Waals surface area (Å²) in [6.07, 6.45) is 1.46. The molecule has 0 saturated carbocycles. The molecule has 0 aliphatic heterocycles. The number of nitrogen functional groups attached to an aromatic ring is 1. The van der Waals surface area contributed by atoms with Crippen molar-refractivity contribution in [1.29, 1.82) is 0 Å². The highest BCUT2D eigenvalue weighted by Gasteiger charge is 2.19. The highest BCUT2D eigenvalue weighted by molar-refractivity contribution is 6.46. The zero-order valence-corrected chi connectivity index (χ0v) is 16.0. The van der Waals surface area contributed by atoms with Crippen molar-refractivity contribution < 1.29 is 9.90 Å². The van der Waals surface area contributed by atoms with Gasteiger partial charge < -0.3 is 15.7 Å². The van der Waals surface area contributed by atoms with Gasteiger partial charge in [0.25, 0.3) is 5.91 Å². The van der Waals surface area contributed by atoms with Gasteiger partial charge in [0.2, 0.25) is 0 Å². The van der Waals surface area contributed by atoms with Gasteiger partial charge in [-0.15, -0.1) is 0 Å². The van der Waals surface area contributed by atoms with Gasteiger partial charge in [-0.1, -0.05) is 46.9 Å². The molecule has 1 aromatic carbocycles. The summed E-state index contributed by atoms with van der Waals surface area (Å²) in [5.41, 5.74) is 9.49. The number of carbonyl (C=O) groups excluding carboxylic acids is 1. The number of nitrogens with one attached hydrogen (secondary N) is 1. The number of hydrogen-bond acceptors (Lipinski definition) is 6. The molecule has 2 rings (SSSR count). The lowest BCUT2D eigenvalue weighted by molar-refractivity contribution is 0.0950. The minimum atomic E-state index is -0.671. The monoisotopic (exact) mass is 415 g/mol. The smallest absolute Gasteiger partial charge is 0.291 e. The second-order valence-electron chi connectivity index (χ2n) is 5.23. The maximum atomic E-state index is 12.1. The van der Waals surface area contributed by atoms with Crippen LogP contribution in [0, 0.1) is 0 Å². The number of anilines is 2. The number of halogens is 3. The van der Waals surface area contributed by atoms with E-state index in [-0.39, 0.29) is 33.2 Å². The van der Waals surface area contributed by atoms with Crippen LogP contribution in [0.2, 0.25) is 15.2 Å². The topological polar surface area (TPSA) is 104 Å². The van der Waals surface area contributed by atoms with E-state index >= 15 is 0 Å². The SMILES string of the molecule is CN(CCO)c1ccc(/C=N/NC(=O)c2nc(Cl)c(Cl)c(N)c2Cl)cc1. The lowest BCUT2D eigenvalue weighted by atomic mass is 10.2. The van der Waals surface area contributed by atoms with Crippen LogP contribution in [0.15, 0.2) is 29.4 Å². The third-order valence-electron chi connectivity index (χ3n) is 3.44. The van der Waals surface area contributed by atoms with E-state index in [0.29, 0.717) is 6.54 Å². The first-order valence-electron chi connectivity index (χ1n) is 7.40. The summed E-state index contributed by atoms with van der Waals surface area (Å²) in [7, 11) is 1.87. The fourth-order valence-electron chi connectivity index (χ4n) is 1.99. The summed E-state index contributed by atoms with van der Waals surface area (Å²) in [4.78, 5) is 17.9. The molecule has 0 atom stereocenters. The standard InChI is InChI=1S/C16H16Cl3N5O2/c1-24(6-7-25)10-4-2-9(3-5-10)8-21-23-16(26)14-11(17)13(20)12(18)15(19)22-14/h2-5,8,25H,6-7H2,1H3,(H2,20,22)(H,23,26)/b21-8+. The molecule has 0 saturated heterocycles. The van der Waals surface area contributed by atoms with Crippen LogP contribution in [0.5, 0.6) is 0 Å². The van der Waals surface area contributed by atoms with Crippen LogP contribution in [0.25, 0.3) is 0 Å². The molecule has 7 nitrogen and oxygen atoms in total. The number of carbonyl (C=O) groups is 1. The number of nitrogens with two attached hydrogens (primary N) is 1. The number of nitrogens with zero attached hydrogens (tertiary/aromatic N) is 3. The quantitative estimate of drug-likeness (QED) is 0.382. The van der Waals surface area contributed by atoms with E-state index in [1.54, 1.807) is 0 Å². The fourth-order valence-corrected chi connectivity index (χ4v) is 2.59. The molecule has 138 valence electrons. The average Bonchev–Trinajstić information content (AvgIpc) is 2.63. The van der Waals surface area contributed by atoms with E-state index in [1.165, 1.54) is 6.21 Å². The van der Waals surface area contributed by atoms with Crippen LogP contribution in [0.1, 0.15) is 16.1 Å². The van der Waals surface area contributed by atoms with Crippen molar-refractivity contribution in [2.24, 2.45) is 5.10 Å². The molecule has 0 spiro atoms. The molecule has 2 aromatic rings. The Bertz CT molecular complexity index is 828. The van der Waals surface area contributed by atoms with E-state index < -0.39 is 5.91 Å². The van der Waals surface area contributed by atoms with E-state index in [0.717, 1.165) is 11.3 Å². The van der Waals surface area contributed by atoms with Gasteiger partial charge in [-0.25, -0.2) is 10.4 Å². The number of amides is 1. The van der Waals surface area contributed by atoms with E-state index in [4.69, 9.17) is 45.6 Å². The lowest BCUT2D eigenvalue weighted by Crippen LogP contribution is -2.21. The minimum Gasteiger partial charge on any atom is -0.396 e. The van der Waals surface area contributed by atoms with E-state index in [1.807, 2.05) is 36.2 Å². The van der Waals surface area contributed by atoms with E-state index in [9.17, 15) is 4.79 Å². The van der Waals surface area contributed by atoms with Crippen molar-refractivity contribution in [1.82, 2.24) is 10.4 Å². The van der Waals surface area contributed by atoms with Crippen molar-refractivity contribution >= 4 is 58.3 Å². The number of hydrazone groups is 1. The van der Waals surface area contributed by atoms with Crippen LogP contribution in [0.4, 0.5) is 11.4 Å². The largest absolute Gasteiger partial charge is 0.396 e. The Kier molecular flexibility index (Phi) is 7.05. The van der Waals surface area contributed by atoms with Gasteiger partial charge in [-0.2, -0.15) is 5.10 Å². The van der Waals surface area contributed by atoms with Gasteiger partial charge in [0.1, 0.15) is 5.02 Å². The first-order chi connectivity index (χ1) is 12.3. The van der Waals surface area contributed by atoms with Gasteiger partial charge in [0.15, 0.2) is 10.8 Å². The van der Waals surface area contributed by atoms with Crippen molar-refractivity contribution in [2.75, 3.05) is 30.8 Å². The highest BCUT2D eigenvalue weighted by atomic mass is 35.5. The average molecular weight is 417 g/mol. The van der Waals surface area contributed by atoms with Crippen LogP contribution in [-0.4, -0.2) is 42.4 Å². The van der Waals surface area contributed by atoms with Crippen LogP contribution >= 0.6 is 34.8 Å². The van der Waals surface area contributed by atoms with E-state index in [2.05, 4.69) is 15.5 Å². The zero-order chi connectivity index (χ0) is 19.3. The number of hydrogen-bond donors (Lipinski definition) is 3. The maximum Gasteiger partial charge on any atom is 0.291 e. The van der Waals surface area contributed by atoms with Gasteiger partial charge in [-0.05, 0) is 17.7 Å². The Balaban J connectivity index is 2.06. The molecular formula is C16H16Cl3N5O2. The first-order valence-corrected chi connectivity index (χ1v) is 8.54. The number of aromatic nitrogens is 1. The van der Waals surface area contributed by atoms with Gasteiger partial charge >= 0.3 is 0 Å². The van der Waals surface area contributed by atoms with Crippen molar-refractivity contribution in [3.05, 3.63) is 50.7 Å². The lowest BCUT2D eigenvalue weighted by Gasteiger charge is -2.17. The molecule has 0 fully saturated rings. The Morgan fingerprint density at radius 1 is 1.31 bits per heavy atom. The molecular weight excluding hydrogens is 401 g/mol. The second-order valence-corrected chi connectivity index (χ2v) is 6.34.